The molecule has 3 aromatic rings. The summed E-state index contributed by atoms with van der Waals surface area (Å²) in [4.78, 5) is 31.2. The molecule has 2 bridgehead atoms. The molecule has 1 amide bonds. The maximum Gasteiger partial charge on any atom is 0.348 e. The number of aryl methyl sites for hydroxylation is 1. The zero-order valence-electron chi connectivity index (χ0n) is 21.2. The summed E-state index contributed by atoms with van der Waals surface area (Å²) in [5.74, 6) is 0.0296. The first-order chi connectivity index (χ1) is 17.9. The Morgan fingerprint density at radius 2 is 1.59 bits per heavy atom. The highest BCUT2D eigenvalue weighted by atomic mass is 16.6. The van der Waals surface area contributed by atoms with Crippen LogP contribution in [0.25, 0.3) is 0 Å². The van der Waals surface area contributed by atoms with Crippen LogP contribution in [0.2, 0.25) is 0 Å². The highest BCUT2D eigenvalue weighted by Gasteiger charge is 2.51. The third-order valence-corrected chi connectivity index (χ3v) is 7.89. The molecule has 0 spiro atoms. The number of piperidine rings is 3. The lowest BCUT2D eigenvalue weighted by molar-refractivity contribution is -0.939. The molecule has 37 heavy (non-hydrogen) atoms. The molecule has 192 valence electrons. The molecule has 3 fully saturated rings. The molecular formula is C30H34N3O4+. The number of carbonyl (C=O) groups excluding carboxylic acids is 2. The van der Waals surface area contributed by atoms with Gasteiger partial charge in [-0.15, -0.1) is 0 Å². The molecule has 1 atom stereocenters. The summed E-state index contributed by atoms with van der Waals surface area (Å²) in [5.41, 5.74) is -0.0396. The van der Waals surface area contributed by atoms with Crippen molar-refractivity contribution < 1.29 is 23.9 Å². The molecule has 3 aliphatic rings. The summed E-state index contributed by atoms with van der Waals surface area (Å²) in [5, 5.41) is 14.7. The minimum Gasteiger partial charge on any atom is -0.453 e. The number of quaternary nitrogens is 1. The first kappa shape index (κ1) is 25.1. The van der Waals surface area contributed by atoms with Crippen LogP contribution < -0.4 is 5.32 Å². The van der Waals surface area contributed by atoms with Crippen LogP contribution in [0.1, 0.15) is 36.6 Å². The van der Waals surface area contributed by atoms with E-state index in [4.69, 9.17) is 4.74 Å². The van der Waals surface area contributed by atoms with Crippen molar-refractivity contribution in [3.63, 3.8) is 0 Å². The maximum atomic E-state index is 13.7. The van der Waals surface area contributed by atoms with Crippen LogP contribution in [-0.2, 0) is 26.3 Å². The number of aromatic nitrogens is 1. The molecule has 4 heterocycles. The molecule has 1 aromatic heterocycles. The number of carbonyl (C=O) groups is 2. The summed E-state index contributed by atoms with van der Waals surface area (Å²) in [6.07, 6.45) is 2.20. The van der Waals surface area contributed by atoms with Crippen LogP contribution >= 0.6 is 0 Å². The van der Waals surface area contributed by atoms with Crippen molar-refractivity contribution in [1.29, 1.82) is 0 Å². The number of hydrogen-bond donors (Lipinski definition) is 2. The largest absolute Gasteiger partial charge is 0.453 e. The Labute approximate surface area is 217 Å². The third-order valence-electron chi connectivity index (χ3n) is 7.89. The SMILES string of the molecule is CCc1cccc(NC(=O)C[N+]23CCC(CC2)[C@@H](OC(=O)C(O)(c2ccccc2)c2ccccc2)C3)n1. The molecule has 0 unspecified atom stereocenters. The van der Waals surface area contributed by atoms with E-state index in [-0.39, 0.29) is 17.9 Å². The number of nitrogens with zero attached hydrogens (tertiary/aromatic N) is 2. The minimum atomic E-state index is -1.91. The lowest BCUT2D eigenvalue weighted by Crippen LogP contribution is -2.66. The number of pyridine rings is 1. The van der Waals surface area contributed by atoms with Crippen molar-refractivity contribution in [2.24, 2.45) is 5.92 Å². The highest BCUT2D eigenvalue weighted by Crippen LogP contribution is 2.38. The van der Waals surface area contributed by atoms with Gasteiger partial charge in [-0.1, -0.05) is 73.7 Å². The van der Waals surface area contributed by atoms with Gasteiger partial charge in [0.25, 0.3) is 5.91 Å². The van der Waals surface area contributed by atoms with Gasteiger partial charge in [0.2, 0.25) is 5.60 Å². The van der Waals surface area contributed by atoms with Crippen molar-refractivity contribution in [3.05, 3.63) is 95.7 Å². The average molecular weight is 501 g/mol. The summed E-state index contributed by atoms with van der Waals surface area (Å²) in [6.45, 7) is 4.64. The number of amides is 1. The van der Waals surface area contributed by atoms with Crippen molar-refractivity contribution >= 4 is 17.7 Å². The van der Waals surface area contributed by atoms with Crippen molar-refractivity contribution in [2.45, 2.75) is 37.9 Å². The molecule has 3 saturated heterocycles. The quantitative estimate of drug-likeness (QED) is 0.364. The van der Waals surface area contributed by atoms with E-state index < -0.39 is 11.6 Å². The van der Waals surface area contributed by atoms with Gasteiger partial charge in [-0.2, -0.15) is 0 Å². The van der Waals surface area contributed by atoms with Crippen LogP contribution in [0.5, 0.6) is 0 Å². The van der Waals surface area contributed by atoms with Gasteiger partial charge in [-0.25, -0.2) is 9.78 Å². The fourth-order valence-electron chi connectivity index (χ4n) is 5.79. The number of esters is 1. The second-order valence-electron chi connectivity index (χ2n) is 10.3. The number of hydrogen-bond acceptors (Lipinski definition) is 5. The Balaban J connectivity index is 1.32. The smallest absolute Gasteiger partial charge is 0.348 e. The van der Waals surface area contributed by atoms with Crippen LogP contribution in [0.15, 0.2) is 78.9 Å². The van der Waals surface area contributed by atoms with E-state index in [0.717, 1.165) is 38.0 Å². The van der Waals surface area contributed by atoms with E-state index in [2.05, 4.69) is 10.3 Å². The Kier molecular flexibility index (Phi) is 7.09. The highest BCUT2D eigenvalue weighted by molar-refractivity contribution is 5.90. The Bertz CT molecular complexity index is 1200. The molecule has 0 aliphatic carbocycles. The zero-order valence-corrected chi connectivity index (χ0v) is 21.2. The Morgan fingerprint density at radius 1 is 0.973 bits per heavy atom. The van der Waals surface area contributed by atoms with Crippen molar-refractivity contribution in [1.82, 2.24) is 4.98 Å². The van der Waals surface area contributed by atoms with E-state index in [9.17, 15) is 14.7 Å². The van der Waals surface area contributed by atoms with Crippen LogP contribution in [0, 0.1) is 5.92 Å². The predicted octanol–water partition coefficient (Wildman–Crippen LogP) is 3.67. The second-order valence-corrected chi connectivity index (χ2v) is 10.3. The van der Waals surface area contributed by atoms with E-state index in [1.807, 2.05) is 31.2 Å². The number of benzene rings is 2. The summed E-state index contributed by atoms with van der Waals surface area (Å²) in [7, 11) is 0. The fraction of sp³-hybridized carbons (Fsp3) is 0.367. The van der Waals surface area contributed by atoms with Gasteiger partial charge in [0.1, 0.15) is 12.4 Å². The van der Waals surface area contributed by atoms with Crippen LogP contribution in [0.4, 0.5) is 5.82 Å². The van der Waals surface area contributed by atoms with E-state index in [1.54, 1.807) is 54.6 Å². The predicted molar refractivity (Wildman–Crippen MR) is 140 cm³/mol. The van der Waals surface area contributed by atoms with Gasteiger partial charge >= 0.3 is 5.97 Å². The summed E-state index contributed by atoms with van der Waals surface area (Å²) >= 11 is 0. The zero-order chi connectivity index (χ0) is 25.9. The number of fused-ring (bicyclic) bond motifs is 3. The molecule has 6 rings (SSSR count). The van der Waals surface area contributed by atoms with Crippen LogP contribution in [0.3, 0.4) is 0 Å². The van der Waals surface area contributed by atoms with Gasteiger partial charge in [-0.3, -0.25) is 4.79 Å². The number of anilines is 1. The van der Waals surface area contributed by atoms with Gasteiger partial charge in [0.15, 0.2) is 12.6 Å². The van der Waals surface area contributed by atoms with Gasteiger partial charge in [0, 0.05) is 24.5 Å². The van der Waals surface area contributed by atoms with Crippen molar-refractivity contribution in [3.8, 4) is 0 Å². The number of aliphatic hydroxyl groups is 1. The minimum absolute atomic E-state index is 0.0868. The Morgan fingerprint density at radius 3 is 2.19 bits per heavy atom. The molecule has 0 radical (unpaired) electrons. The van der Waals surface area contributed by atoms with Crippen molar-refractivity contribution in [2.75, 3.05) is 31.5 Å². The maximum absolute atomic E-state index is 13.7. The summed E-state index contributed by atoms with van der Waals surface area (Å²) < 4.78 is 6.68. The molecule has 2 aromatic carbocycles. The molecule has 3 aliphatic heterocycles. The normalized spacial score (nSPS) is 22.9. The Hall–Kier alpha value is -3.55. The molecule has 2 N–H and O–H groups in total. The molecule has 7 nitrogen and oxygen atoms in total. The van der Waals surface area contributed by atoms with Gasteiger partial charge < -0.3 is 19.6 Å². The lowest BCUT2D eigenvalue weighted by Gasteiger charge is -2.51. The molecular weight excluding hydrogens is 466 g/mol. The topological polar surface area (TPSA) is 88.5 Å². The third kappa shape index (κ3) is 5.15. The first-order valence-corrected chi connectivity index (χ1v) is 13.1. The monoisotopic (exact) mass is 500 g/mol. The average Bonchev–Trinajstić information content (AvgIpc) is 2.94. The number of nitrogens with one attached hydrogen (secondary N) is 1. The van der Waals surface area contributed by atoms with Crippen LogP contribution in [-0.4, -0.2) is 58.7 Å². The van der Waals surface area contributed by atoms with Gasteiger partial charge in [-0.05, 0) is 29.7 Å². The lowest BCUT2D eigenvalue weighted by atomic mass is 9.82. The number of ether oxygens (including phenoxy) is 1. The standard InChI is InChI=1S/C30H33N3O4/c1-2-25-14-9-15-27(31-25)32-28(34)21-33-18-16-22(17-19-33)26(20-33)37-29(35)30(36,23-10-5-3-6-11-23)24-12-7-4-8-13-24/h3-15,22,26,36H,2,16-21H2,1H3/p+1/t22?,26-,33?/m0/s1. The summed E-state index contributed by atoms with van der Waals surface area (Å²) in [6, 6.07) is 23.5. The van der Waals surface area contributed by atoms with E-state index in [0.29, 0.717) is 34.5 Å². The number of rotatable bonds is 8. The van der Waals surface area contributed by atoms with E-state index >= 15 is 0 Å². The molecule has 7 heteroatoms. The van der Waals surface area contributed by atoms with Gasteiger partial charge in [0.05, 0.1) is 13.1 Å². The molecule has 0 saturated carbocycles. The fourth-order valence-corrected chi connectivity index (χ4v) is 5.79. The van der Waals surface area contributed by atoms with E-state index in [1.165, 1.54) is 0 Å². The first-order valence-electron chi connectivity index (χ1n) is 13.1. The second kappa shape index (κ2) is 10.4.